The van der Waals surface area contributed by atoms with Crippen LogP contribution >= 0.6 is 15.9 Å². The van der Waals surface area contributed by atoms with Crippen LogP contribution in [0.5, 0.6) is 11.5 Å². The van der Waals surface area contributed by atoms with Gasteiger partial charge in [-0.3, -0.25) is 4.79 Å². The third kappa shape index (κ3) is 4.83. The van der Waals surface area contributed by atoms with Crippen LogP contribution in [-0.4, -0.2) is 18.1 Å². The summed E-state index contributed by atoms with van der Waals surface area (Å²) in [4.78, 5) is 12.5. The predicted molar refractivity (Wildman–Crippen MR) is 110 cm³/mol. The Hall–Kier alpha value is -2.01. The molecule has 3 rings (SSSR count). The Bertz CT molecular complexity index is 847. The van der Waals surface area contributed by atoms with E-state index in [1.54, 1.807) is 0 Å². The number of halogens is 1. The number of rotatable bonds is 5. The first-order chi connectivity index (χ1) is 12.8. The van der Waals surface area contributed by atoms with Crippen molar-refractivity contribution in [1.82, 2.24) is 5.32 Å². The number of nitrogens with one attached hydrogen (secondary N) is 1. The third-order valence-electron chi connectivity index (χ3n) is 4.72. The van der Waals surface area contributed by atoms with Crippen molar-refractivity contribution >= 4 is 21.8 Å². The van der Waals surface area contributed by atoms with Gasteiger partial charge in [0.25, 0.3) is 5.91 Å². The Kier molecular flexibility index (Phi) is 5.80. The third-order valence-corrected chi connectivity index (χ3v) is 5.34. The first-order valence-corrected chi connectivity index (χ1v) is 10.1. The van der Waals surface area contributed by atoms with E-state index < -0.39 is 0 Å². The molecule has 2 aromatic rings. The molecule has 4 nitrogen and oxygen atoms in total. The van der Waals surface area contributed by atoms with Crippen LogP contribution in [-0.2, 0) is 11.2 Å². The van der Waals surface area contributed by atoms with Crippen LogP contribution in [0.25, 0.3) is 0 Å². The molecule has 5 heteroatoms. The number of fused-ring (bicyclic) bond motifs is 1. The maximum absolute atomic E-state index is 12.5. The van der Waals surface area contributed by atoms with E-state index in [-0.39, 0.29) is 24.2 Å². The Labute approximate surface area is 169 Å². The molecule has 0 saturated carbocycles. The van der Waals surface area contributed by atoms with Gasteiger partial charge in [-0.15, -0.1) is 0 Å². The van der Waals surface area contributed by atoms with Crippen molar-refractivity contribution in [1.29, 1.82) is 0 Å². The van der Waals surface area contributed by atoms with Gasteiger partial charge in [-0.25, -0.2) is 0 Å². The fourth-order valence-electron chi connectivity index (χ4n) is 3.35. The Morgan fingerprint density at radius 1 is 1.30 bits per heavy atom. The summed E-state index contributed by atoms with van der Waals surface area (Å²) < 4.78 is 12.7. The summed E-state index contributed by atoms with van der Waals surface area (Å²) in [6, 6.07) is 11.9. The monoisotopic (exact) mass is 431 g/mol. The van der Waals surface area contributed by atoms with Gasteiger partial charge >= 0.3 is 0 Å². The number of carbonyl (C=O) groups is 1. The fourth-order valence-corrected chi connectivity index (χ4v) is 3.89. The van der Waals surface area contributed by atoms with E-state index in [1.165, 1.54) is 5.56 Å². The van der Waals surface area contributed by atoms with Crippen LogP contribution < -0.4 is 14.8 Å². The molecule has 1 amide bonds. The molecule has 0 spiro atoms. The SMILES string of the molecule is CCc1ccc(OCC(=O)N[C@H]2CC(C)(C)Oc3cc(C)ccc32)c(Br)c1. The number of hydrogen-bond acceptors (Lipinski definition) is 3. The van der Waals surface area contributed by atoms with Crippen LogP contribution in [0.2, 0.25) is 0 Å². The molecule has 1 atom stereocenters. The standard InChI is InChI=1S/C22H26BrNO3/c1-5-15-7-9-19(17(23)11-15)26-13-21(25)24-18-12-22(3,4)27-20-10-14(2)6-8-16(18)20/h6-11,18H,5,12-13H2,1-4H3,(H,24,25)/t18-/m0/s1. The van der Waals surface area contributed by atoms with Crippen molar-refractivity contribution in [3.05, 3.63) is 57.6 Å². The number of aryl methyl sites for hydroxylation is 2. The zero-order valence-electron chi connectivity index (χ0n) is 16.3. The van der Waals surface area contributed by atoms with E-state index in [0.717, 1.165) is 27.8 Å². The summed E-state index contributed by atoms with van der Waals surface area (Å²) in [5, 5.41) is 3.10. The molecule has 0 fully saturated rings. The second-order valence-electron chi connectivity index (χ2n) is 7.63. The molecule has 0 saturated heterocycles. The smallest absolute Gasteiger partial charge is 0.258 e. The summed E-state index contributed by atoms with van der Waals surface area (Å²) in [5.74, 6) is 1.37. The van der Waals surface area contributed by atoms with E-state index in [1.807, 2.05) is 57.2 Å². The lowest BCUT2D eigenvalue weighted by atomic mass is 9.89. The average Bonchev–Trinajstić information content (AvgIpc) is 2.59. The summed E-state index contributed by atoms with van der Waals surface area (Å²) in [6.45, 7) is 8.20. The predicted octanol–water partition coefficient (Wildman–Crippen LogP) is 5.12. The number of hydrogen-bond donors (Lipinski definition) is 1. The van der Waals surface area contributed by atoms with Crippen LogP contribution in [0.1, 0.15) is 49.9 Å². The zero-order chi connectivity index (χ0) is 19.6. The number of ether oxygens (including phenoxy) is 2. The van der Waals surface area contributed by atoms with Gasteiger partial charge in [0.2, 0.25) is 0 Å². The molecule has 0 bridgehead atoms. The maximum Gasteiger partial charge on any atom is 0.258 e. The van der Waals surface area contributed by atoms with Gasteiger partial charge < -0.3 is 14.8 Å². The van der Waals surface area contributed by atoms with E-state index in [9.17, 15) is 4.79 Å². The highest BCUT2D eigenvalue weighted by Gasteiger charge is 2.34. The normalized spacial score (nSPS) is 17.6. The highest BCUT2D eigenvalue weighted by molar-refractivity contribution is 9.10. The minimum absolute atomic E-state index is 0.0247. The van der Waals surface area contributed by atoms with E-state index >= 15 is 0 Å². The number of benzene rings is 2. The molecule has 144 valence electrons. The van der Waals surface area contributed by atoms with Gasteiger partial charge in [0, 0.05) is 12.0 Å². The van der Waals surface area contributed by atoms with Crippen LogP contribution in [0.15, 0.2) is 40.9 Å². The van der Waals surface area contributed by atoms with Gasteiger partial charge in [0.1, 0.15) is 17.1 Å². The molecular weight excluding hydrogens is 406 g/mol. The Morgan fingerprint density at radius 2 is 2.07 bits per heavy atom. The second-order valence-corrected chi connectivity index (χ2v) is 8.49. The summed E-state index contributed by atoms with van der Waals surface area (Å²) in [7, 11) is 0. The van der Waals surface area contributed by atoms with Crippen LogP contribution in [0, 0.1) is 6.92 Å². The van der Waals surface area contributed by atoms with Gasteiger partial charge in [0.15, 0.2) is 6.61 Å². The zero-order valence-corrected chi connectivity index (χ0v) is 17.9. The summed E-state index contributed by atoms with van der Waals surface area (Å²) in [5.41, 5.74) is 3.04. The van der Waals surface area contributed by atoms with E-state index in [2.05, 4.69) is 28.2 Å². The molecule has 27 heavy (non-hydrogen) atoms. The Balaban J connectivity index is 1.67. The van der Waals surface area contributed by atoms with Crippen LogP contribution in [0.3, 0.4) is 0 Å². The topological polar surface area (TPSA) is 47.6 Å². The molecule has 1 aliphatic rings. The van der Waals surface area contributed by atoms with Crippen molar-refractivity contribution in [2.24, 2.45) is 0 Å². The molecule has 1 heterocycles. The summed E-state index contributed by atoms with van der Waals surface area (Å²) >= 11 is 3.51. The molecular formula is C22H26BrNO3. The van der Waals surface area contributed by atoms with Crippen molar-refractivity contribution in [2.75, 3.05) is 6.61 Å². The minimum Gasteiger partial charge on any atom is -0.487 e. The van der Waals surface area contributed by atoms with Crippen molar-refractivity contribution in [3.63, 3.8) is 0 Å². The van der Waals surface area contributed by atoms with Crippen molar-refractivity contribution < 1.29 is 14.3 Å². The minimum atomic E-state index is -0.335. The van der Waals surface area contributed by atoms with Crippen molar-refractivity contribution in [2.45, 2.75) is 52.2 Å². The number of amides is 1. The van der Waals surface area contributed by atoms with Gasteiger partial charge in [-0.05, 0) is 72.4 Å². The average molecular weight is 432 g/mol. The highest BCUT2D eigenvalue weighted by atomic mass is 79.9. The highest BCUT2D eigenvalue weighted by Crippen LogP contribution is 2.39. The van der Waals surface area contributed by atoms with E-state index in [0.29, 0.717) is 12.2 Å². The van der Waals surface area contributed by atoms with Gasteiger partial charge in [-0.2, -0.15) is 0 Å². The Morgan fingerprint density at radius 3 is 2.78 bits per heavy atom. The van der Waals surface area contributed by atoms with Crippen LogP contribution in [0.4, 0.5) is 0 Å². The fraction of sp³-hybridized carbons (Fsp3) is 0.409. The van der Waals surface area contributed by atoms with Crippen molar-refractivity contribution in [3.8, 4) is 11.5 Å². The molecule has 0 aromatic heterocycles. The lowest BCUT2D eigenvalue weighted by Gasteiger charge is -2.38. The molecule has 0 radical (unpaired) electrons. The lowest BCUT2D eigenvalue weighted by Crippen LogP contribution is -2.42. The molecule has 1 aliphatic heterocycles. The lowest BCUT2D eigenvalue weighted by molar-refractivity contribution is -0.124. The molecule has 1 N–H and O–H groups in total. The molecule has 0 unspecified atom stereocenters. The molecule has 0 aliphatic carbocycles. The maximum atomic E-state index is 12.5. The van der Waals surface area contributed by atoms with Gasteiger partial charge in [-0.1, -0.05) is 25.1 Å². The first-order valence-electron chi connectivity index (χ1n) is 9.27. The quantitative estimate of drug-likeness (QED) is 0.714. The van der Waals surface area contributed by atoms with E-state index in [4.69, 9.17) is 9.47 Å². The number of carbonyl (C=O) groups excluding carboxylic acids is 1. The van der Waals surface area contributed by atoms with Gasteiger partial charge in [0.05, 0.1) is 10.5 Å². The summed E-state index contributed by atoms with van der Waals surface area (Å²) in [6.07, 6.45) is 1.67. The first kappa shape index (κ1) is 19.7. The molecule has 2 aromatic carbocycles. The second kappa shape index (κ2) is 7.93. The largest absolute Gasteiger partial charge is 0.487 e.